The number of methoxy groups -OCH3 is 1. The maximum absolute atomic E-state index is 11.0. The van der Waals surface area contributed by atoms with Gasteiger partial charge >= 0.3 is 5.97 Å². The number of rotatable bonds is 6. The molecule has 1 unspecified atom stereocenters. The molecule has 1 N–H and O–H groups in total. The van der Waals surface area contributed by atoms with Crippen molar-refractivity contribution in [1.82, 2.24) is 0 Å². The van der Waals surface area contributed by atoms with E-state index in [-0.39, 0.29) is 5.25 Å². The Morgan fingerprint density at radius 3 is 2.88 bits per heavy atom. The first-order chi connectivity index (χ1) is 7.67. The molecule has 0 fully saturated rings. The first-order valence-corrected chi connectivity index (χ1v) is 6.08. The van der Waals surface area contributed by atoms with Gasteiger partial charge in [-0.05, 0) is 24.6 Å². The average molecular weight is 240 g/mol. The molecular weight excluding hydrogens is 224 g/mol. The van der Waals surface area contributed by atoms with Crippen molar-refractivity contribution < 1.29 is 14.6 Å². The maximum atomic E-state index is 11.0. The van der Waals surface area contributed by atoms with Crippen molar-refractivity contribution in [3.05, 3.63) is 24.3 Å². The highest BCUT2D eigenvalue weighted by atomic mass is 32.2. The summed E-state index contributed by atoms with van der Waals surface area (Å²) in [4.78, 5) is 11.9. The van der Waals surface area contributed by atoms with Crippen LogP contribution in [0, 0.1) is 0 Å². The van der Waals surface area contributed by atoms with Gasteiger partial charge in [-0.1, -0.05) is 19.4 Å². The molecule has 1 rings (SSSR count). The molecule has 16 heavy (non-hydrogen) atoms. The van der Waals surface area contributed by atoms with Gasteiger partial charge in [0.2, 0.25) is 0 Å². The molecule has 1 aromatic carbocycles. The third-order valence-corrected chi connectivity index (χ3v) is 3.39. The molecule has 0 aliphatic heterocycles. The summed E-state index contributed by atoms with van der Waals surface area (Å²) in [5.74, 6) is 0.000284. The normalized spacial score (nSPS) is 12.1. The van der Waals surface area contributed by atoms with Crippen molar-refractivity contribution in [3.8, 4) is 5.75 Å². The largest absolute Gasteiger partial charge is 0.497 e. The highest BCUT2D eigenvalue weighted by Gasteiger charge is 2.17. The van der Waals surface area contributed by atoms with Crippen LogP contribution in [0.25, 0.3) is 0 Å². The van der Waals surface area contributed by atoms with E-state index in [1.807, 2.05) is 31.2 Å². The lowest BCUT2D eigenvalue weighted by Gasteiger charge is -2.11. The lowest BCUT2D eigenvalue weighted by Crippen LogP contribution is -2.15. The molecule has 0 saturated heterocycles. The Morgan fingerprint density at radius 1 is 1.56 bits per heavy atom. The molecule has 0 aliphatic carbocycles. The maximum Gasteiger partial charge on any atom is 0.316 e. The summed E-state index contributed by atoms with van der Waals surface area (Å²) >= 11 is 1.37. The lowest BCUT2D eigenvalue weighted by atomic mass is 10.2. The molecule has 0 saturated carbocycles. The Kier molecular flexibility index (Phi) is 5.19. The molecule has 0 radical (unpaired) electrons. The van der Waals surface area contributed by atoms with Gasteiger partial charge in [0, 0.05) is 4.90 Å². The zero-order valence-corrected chi connectivity index (χ0v) is 10.3. The van der Waals surface area contributed by atoms with Gasteiger partial charge in [0.05, 0.1) is 7.11 Å². The van der Waals surface area contributed by atoms with Crippen LogP contribution in [0.5, 0.6) is 5.75 Å². The minimum Gasteiger partial charge on any atom is -0.497 e. The molecule has 0 aliphatic rings. The molecule has 88 valence electrons. The van der Waals surface area contributed by atoms with E-state index >= 15 is 0 Å². The second kappa shape index (κ2) is 6.43. The molecule has 0 bridgehead atoms. The molecule has 3 nitrogen and oxygen atoms in total. The van der Waals surface area contributed by atoms with E-state index in [0.717, 1.165) is 17.1 Å². The van der Waals surface area contributed by atoms with Crippen LogP contribution in [0.15, 0.2) is 29.2 Å². The van der Waals surface area contributed by atoms with Crippen LogP contribution in [0.4, 0.5) is 0 Å². The third-order valence-electron chi connectivity index (χ3n) is 2.15. The molecule has 0 spiro atoms. The molecule has 0 heterocycles. The smallest absolute Gasteiger partial charge is 0.316 e. The quantitative estimate of drug-likeness (QED) is 0.776. The molecule has 1 atom stereocenters. The van der Waals surface area contributed by atoms with Crippen molar-refractivity contribution in [2.24, 2.45) is 0 Å². The monoisotopic (exact) mass is 240 g/mol. The summed E-state index contributed by atoms with van der Waals surface area (Å²) in [5.41, 5.74) is 0. The van der Waals surface area contributed by atoms with Crippen LogP contribution >= 0.6 is 11.8 Å². The highest BCUT2D eigenvalue weighted by molar-refractivity contribution is 8.00. The van der Waals surface area contributed by atoms with Gasteiger partial charge in [0.15, 0.2) is 0 Å². The number of ether oxygens (including phenoxy) is 1. The summed E-state index contributed by atoms with van der Waals surface area (Å²) < 4.78 is 5.10. The zero-order chi connectivity index (χ0) is 12.0. The fourth-order valence-corrected chi connectivity index (χ4v) is 2.46. The SMILES string of the molecule is CCCC(Sc1cccc(OC)c1)C(=O)O. The zero-order valence-electron chi connectivity index (χ0n) is 9.47. The van der Waals surface area contributed by atoms with E-state index in [1.54, 1.807) is 7.11 Å². The van der Waals surface area contributed by atoms with Crippen LogP contribution in [-0.2, 0) is 4.79 Å². The first-order valence-electron chi connectivity index (χ1n) is 5.21. The standard InChI is InChI=1S/C12H16O3S/c1-3-5-11(12(13)14)16-10-7-4-6-9(8-10)15-2/h4,6-8,11H,3,5H2,1-2H3,(H,13,14). The number of thioether (sulfide) groups is 1. The van der Waals surface area contributed by atoms with Gasteiger partial charge in [-0.2, -0.15) is 0 Å². The Bertz CT molecular complexity index is 352. The van der Waals surface area contributed by atoms with Crippen LogP contribution in [0.1, 0.15) is 19.8 Å². The van der Waals surface area contributed by atoms with E-state index in [2.05, 4.69) is 0 Å². The fraction of sp³-hybridized carbons (Fsp3) is 0.417. The van der Waals surface area contributed by atoms with Crippen LogP contribution in [0.2, 0.25) is 0 Å². The van der Waals surface area contributed by atoms with Crippen LogP contribution < -0.4 is 4.74 Å². The van der Waals surface area contributed by atoms with Gasteiger partial charge < -0.3 is 9.84 Å². The van der Waals surface area contributed by atoms with E-state index in [4.69, 9.17) is 9.84 Å². The Morgan fingerprint density at radius 2 is 2.31 bits per heavy atom. The minimum absolute atomic E-state index is 0.378. The minimum atomic E-state index is -0.755. The predicted molar refractivity (Wildman–Crippen MR) is 65.2 cm³/mol. The van der Waals surface area contributed by atoms with Gasteiger partial charge in [0.1, 0.15) is 11.0 Å². The van der Waals surface area contributed by atoms with Crippen LogP contribution in [-0.4, -0.2) is 23.4 Å². The molecule has 4 heteroatoms. The summed E-state index contributed by atoms with van der Waals surface area (Å²) in [6.45, 7) is 1.99. The molecule has 0 aromatic heterocycles. The highest BCUT2D eigenvalue weighted by Crippen LogP contribution is 2.28. The number of carbonyl (C=O) groups is 1. The van der Waals surface area contributed by atoms with Crippen molar-refractivity contribution in [2.45, 2.75) is 29.9 Å². The fourth-order valence-electron chi connectivity index (χ4n) is 1.33. The average Bonchev–Trinajstić information content (AvgIpc) is 2.28. The predicted octanol–water partition coefficient (Wildman–Crippen LogP) is 3.04. The number of benzene rings is 1. The Hall–Kier alpha value is -1.16. The van der Waals surface area contributed by atoms with Crippen molar-refractivity contribution in [3.63, 3.8) is 0 Å². The number of hydrogen-bond acceptors (Lipinski definition) is 3. The van der Waals surface area contributed by atoms with Gasteiger partial charge in [0.25, 0.3) is 0 Å². The molecule has 0 amide bonds. The van der Waals surface area contributed by atoms with Gasteiger partial charge in [-0.3, -0.25) is 4.79 Å². The number of carboxylic acid groups (broad SMARTS) is 1. The number of hydrogen-bond donors (Lipinski definition) is 1. The third kappa shape index (κ3) is 3.77. The topological polar surface area (TPSA) is 46.5 Å². The summed E-state index contributed by atoms with van der Waals surface area (Å²) in [5, 5.41) is 8.66. The van der Waals surface area contributed by atoms with E-state index in [9.17, 15) is 4.79 Å². The van der Waals surface area contributed by atoms with Crippen molar-refractivity contribution in [1.29, 1.82) is 0 Å². The summed E-state index contributed by atoms with van der Waals surface area (Å²) in [6, 6.07) is 7.47. The number of carboxylic acids is 1. The van der Waals surface area contributed by atoms with E-state index in [0.29, 0.717) is 6.42 Å². The van der Waals surface area contributed by atoms with Crippen LogP contribution in [0.3, 0.4) is 0 Å². The lowest BCUT2D eigenvalue weighted by molar-refractivity contribution is -0.136. The Balaban J connectivity index is 2.72. The first kappa shape index (κ1) is 12.9. The van der Waals surface area contributed by atoms with E-state index in [1.165, 1.54) is 11.8 Å². The van der Waals surface area contributed by atoms with Gasteiger partial charge in [-0.25, -0.2) is 0 Å². The van der Waals surface area contributed by atoms with Crippen molar-refractivity contribution in [2.75, 3.05) is 7.11 Å². The van der Waals surface area contributed by atoms with E-state index < -0.39 is 5.97 Å². The van der Waals surface area contributed by atoms with Crippen molar-refractivity contribution >= 4 is 17.7 Å². The number of aliphatic carboxylic acids is 1. The summed E-state index contributed by atoms with van der Waals surface area (Å²) in [7, 11) is 1.60. The molecular formula is C12H16O3S. The second-order valence-corrected chi connectivity index (χ2v) is 4.69. The second-order valence-electron chi connectivity index (χ2n) is 3.41. The van der Waals surface area contributed by atoms with Gasteiger partial charge in [-0.15, -0.1) is 11.8 Å². The Labute approximate surface area is 99.8 Å². The molecule has 1 aromatic rings. The summed E-state index contributed by atoms with van der Waals surface area (Å²) in [6.07, 6.45) is 1.55.